The highest BCUT2D eigenvalue weighted by Crippen LogP contribution is 2.31. The lowest BCUT2D eigenvalue weighted by Crippen LogP contribution is -2.34. The summed E-state index contributed by atoms with van der Waals surface area (Å²) in [5.41, 5.74) is 2.11. The van der Waals surface area contributed by atoms with Crippen molar-refractivity contribution >= 4 is 47.6 Å². The number of rotatable bonds is 6. The first-order chi connectivity index (χ1) is 11.6. The second-order valence-electron chi connectivity index (χ2n) is 5.99. The van der Waals surface area contributed by atoms with E-state index in [1.165, 1.54) is 0 Å². The normalized spacial score (nSPS) is 12.9. The number of nitrogens with zero attached hydrogens (tertiary/aromatic N) is 1. The van der Waals surface area contributed by atoms with Gasteiger partial charge in [0, 0.05) is 34.8 Å². The number of anilines is 1. The van der Waals surface area contributed by atoms with Gasteiger partial charge in [0.15, 0.2) is 0 Å². The molecule has 0 aromatic heterocycles. The highest BCUT2D eigenvalue weighted by Gasteiger charge is 2.24. The van der Waals surface area contributed by atoms with Crippen LogP contribution in [0.5, 0.6) is 0 Å². The van der Waals surface area contributed by atoms with Crippen LogP contribution in [0.2, 0.25) is 0 Å². The summed E-state index contributed by atoms with van der Waals surface area (Å²) in [5.74, 6) is -0.522. The Kier molecular flexibility index (Phi) is 6.64. The number of hydrogen-bond acceptors (Lipinski definition) is 3. The molecule has 0 radical (unpaired) electrons. The molecular formula is C17H19Br2FN2O2S. The lowest BCUT2D eigenvalue weighted by Gasteiger charge is -2.17. The molecule has 136 valence electrons. The van der Waals surface area contributed by atoms with Crippen molar-refractivity contribution < 1.29 is 12.8 Å². The van der Waals surface area contributed by atoms with Crippen molar-refractivity contribution in [3.05, 3.63) is 56.7 Å². The predicted octanol–water partition coefficient (Wildman–Crippen LogP) is 4.33. The molecule has 0 saturated heterocycles. The van der Waals surface area contributed by atoms with E-state index in [0.29, 0.717) is 6.42 Å². The van der Waals surface area contributed by atoms with Crippen LogP contribution in [0.1, 0.15) is 12.5 Å². The van der Waals surface area contributed by atoms with Crippen LogP contribution < -0.4 is 9.62 Å². The molecule has 0 amide bonds. The molecule has 0 spiro atoms. The molecule has 2 aromatic rings. The summed E-state index contributed by atoms with van der Waals surface area (Å²) in [6.07, 6.45) is 0.545. The highest BCUT2D eigenvalue weighted by atomic mass is 79.9. The summed E-state index contributed by atoms with van der Waals surface area (Å²) in [7, 11) is 0.127. The number of sulfonamides is 1. The van der Waals surface area contributed by atoms with Crippen LogP contribution in [0, 0.1) is 5.82 Å². The van der Waals surface area contributed by atoms with Gasteiger partial charge in [0.1, 0.15) is 10.7 Å². The van der Waals surface area contributed by atoms with E-state index in [4.69, 9.17) is 0 Å². The third kappa shape index (κ3) is 5.26. The van der Waals surface area contributed by atoms with Gasteiger partial charge in [-0.25, -0.2) is 17.5 Å². The molecule has 2 aromatic carbocycles. The Hall–Kier alpha value is -0.960. The van der Waals surface area contributed by atoms with Gasteiger partial charge < -0.3 is 4.90 Å². The van der Waals surface area contributed by atoms with Gasteiger partial charge in [-0.3, -0.25) is 0 Å². The van der Waals surface area contributed by atoms with Gasteiger partial charge >= 0.3 is 0 Å². The zero-order chi connectivity index (χ0) is 18.8. The minimum absolute atomic E-state index is 0.0105. The van der Waals surface area contributed by atoms with E-state index in [2.05, 4.69) is 36.6 Å². The Morgan fingerprint density at radius 3 is 2.12 bits per heavy atom. The number of benzene rings is 2. The SMILES string of the molecule is CC(Cc1ccc(N(C)C)cc1)NS(=O)(=O)c1c(Br)cc(F)cc1Br. The monoisotopic (exact) mass is 492 g/mol. The molecule has 8 heteroatoms. The maximum atomic E-state index is 13.4. The third-order valence-corrected chi connectivity index (χ3v) is 7.05. The maximum Gasteiger partial charge on any atom is 0.243 e. The molecule has 0 heterocycles. The molecule has 25 heavy (non-hydrogen) atoms. The second kappa shape index (κ2) is 8.16. The molecule has 1 atom stereocenters. The van der Waals surface area contributed by atoms with Crippen molar-refractivity contribution in [2.24, 2.45) is 0 Å². The van der Waals surface area contributed by atoms with Gasteiger partial charge in [0.25, 0.3) is 0 Å². The maximum absolute atomic E-state index is 13.4. The van der Waals surface area contributed by atoms with E-state index in [9.17, 15) is 12.8 Å². The van der Waals surface area contributed by atoms with E-state index < -0.39 is 15.8 Å². The lowest BCUT2D eigenvalue weighted by molar-refractivity contribution is 0.558. The van der Waals surface area contributed by atoms with Crippen molar-refractivity contribution in [2.75, 3.05) is 19.0 Å². The van der Waals surface area contributed by atoms with Gasteiger partial charge in [0.2, 0.25) is 10.0 Å². The van der Waals surface area contributed by atoms with Crippen molar-refractivity contribution in [1.82, 2.24) is 4.72 Å². The molecule has 1 N–H and O–H groups in total. The molecular weight excluding hydrogens is 475 g/mol. The van der Waals surface area contributed by atoms with E-state index in [1.807, 2.05) is 43.3 Å². The molecule has 0 aliphatic carbocycles. The van der Waals surface area contributed by atoms with Crippen molar-refractivity contribution in [1.29, 1.82) is 0 Å². The largest absolute Gasteiger partial charge is 0.378 e. The third-order valence-electron chi connectivity index (χ3n) is 3.58. The zero-order valence-corrected chi connectivity index (χ0v) is 18.0. The average Bonchev–Trinajstić information content (AvgIpc) is 2.45. The first-order valence-corrected chi connectivity index (χ1v) is 10.6. The van der Waals surface area contributed by atoms with Crippen LogP contribution in [0.3, 0.4) is 0 Å². The molecule has 4 nitrogen and oxygen atoms in total. The Balaban J connectivity index is 2.15. The van der Waals surface area contributed by atoms with E-state index in [-0.39, 0.29) is 19.9 Å². The minimum Gasteiger partial charge on any atom is -0.378 e. The summed E-state index contributed by atoms with van der Waals surface area (Å²) in [4.78, 5) is 1.99. The fraction of sp³-hybridized carbons (Fsp3) is 0.294. The van der Waals surface area contributed by atoms with Gasteiger partial charge in [-0.15, -0.1) is 0 Å². The van der Waals surface area contributed by atoms with Crippen molar-refractivity contribution in [2.45, 2.75) is 24.3 Å². The van der Waals surface area contributed by atoms with Crippen LogP contribution in [0.25, 0.3) is 0 Å². The summed E-state index contributed by atoms with van der Waals surface area (Å²) >= 11 is 6.24. The molecule has 0 aliphatic heterocycles. The summed E-state index contributed by atoms with van der Waals surface area (Å²) in [6.45, 7) is 1.79. The van der Waals surface area contributed by atoms with Crippen LogP contribution in [0.4, 0.5) is 10.1 Å². The molecule has 0 aliphatic rings. The summed E-state index contributed by atoms with van der Waals surface area (Å²) in [5, 5.41) is 0. The summed E-state index contributed by atoms with van der Waals surface area (Å²) in [6, 6.07) is 9.87. The smallest absolute Gasteiger partial charge is 0.243 e. The topological polar surface area (TPSA) is 49.4 Å². The van der Waals surface area contributed by atoms with E-state index >= 15 is 0 Å². The molecule has 2 rings (SSSR count). The van der Waals surface area contributed by atoms with Gasteiger partial charge in [-0.2, -0.15) is 0 Å². The average molecular weight is 494 g/mol. The van der Waals surface area contributed by atoms with Crippen LogP contribution >= 0.6 is 31.9 Å². The minimum atomic E-state index is -3.80. The Morgan fingerprint density at radius 2 is 1.64 bits per heavy atom. The van der Waals surface area contributed by atoms with Gasteiger partial charge in [-0.05, 0) is 75.0 Å². The molecule has 1 unspecified atom stereocenters. The number of nitrogens with one attached hydrogen (secondary N) is 1. The summed E-state index contributed by atoms with van der Waals surface area (Å²) < 4.78 is 41.6. The first-order valence-electron chi connectivity index (χ1n) is 7.53. The van der Waals surface area contributed by atoms with Crippen LogP contribution in [-0.2, 0) is 16.4 Å². The second-order valence-corrected chi connectivity index (χ2v) is 9.35. The lowest BCUT2D eigenvalue weighted by atomic mass is 10.1. The highest BCUT2D eigenvalue weighted by molar-refractivity contribution is 9.11. The Bertz CT molecular complexity index is 832. The fourth-order valence-electron chi connectivity index (χ4n) is 2.43. The molecule has 0 saturated carbocycles. The predicted molar refractivity (Wildman–Crippen MR) is 106 cm³/mol. The van der Waals surface area contributed by atoms with Crippen LogP contribution in [-0.4, -0.2) is 28.6 Å². The van der Waals surface area contributed by atoms with Gasteiger partial charge in [-0.1, -0.05) is 12.1 Å². The fourth-order valence-corrected chi connectivity index (χ4v) is 6.21. The Morgan fingerprint density at radius 1 is 1.12 bits per heavy atom. The first kappa shape index (κ1) is 20.4. The van der Waals surface area contributed by atoms with Crippen molar-refractivity contribution in [3.8, 4) is 0 Å². The quantitative estimate of drug-likeness (QED) is 0.651. The van der Waals surface area contributed by atoms with Crippen molar-refractivity contribution in [3.63, 3.8) is 0 Å². The van der Waals surface area contributed by atoms with Gasteiger partial charge in [0.05, 0.1) is 0 Å². The number of hydrogen-bond donors (Lipinski definition) is 1. The molecule has 0 bridgehead atoms. The standard InChI is InChI=1S/C17H19Br2FN2O2S/c1-11(8-12-4-6-14(7-5-12)22(2)3)21-25(23,24)17-15(18)9-13(20)10-16(17)19/h4-7,9-11,21H,8H2,1-3H3. The van der Waals surface area contributed by atoms with E-state index in [0.717, 1.165) is 23.4 Å². The number of halogens is 3. The van der Waals surface area contributed by atoms with E-state index in [1.54, 1.807) is 6.92 Å². The van der Waals surface area contributed by atoms with Crippen LogP contribution in [0.15, 0.2) is 50.2 Å². The zero-order valence-electron chi connectivity index (χ0n) is 14.1. The molecule has 0 fully saturated rings. The Labute approximate surface area is 164 Å².